The highest BCUT2D eigenvalue weighted by molar-refractivity contribution is 5.72. The monoisotopic (exact) mass is 254 g/mol. The van der Waals surface area contributed by atoms with E-state index in [1.165, 1.54) is 6.42 Å². The van der Waals surface area contributed by atoms with Gasteiger partial charge < -0.3 is 4.74 Å². The molecule has 0 spiro atoms. The Labute approximate surface area is 113 Å². The molecule has 3 heteroatoms. The Bertz CT molecular complexity index is 568. The van der Waals surface area contributed by atoms with Crippen molar-refractivity contribution in [3.05, 3.63) is 48.7 Å². The maximum atomic E-state index is 5.83. The number of aromatic nitrogens is 2. The minimum absolute atomic E-state index is 0.0663. The third kappa shape index (κ3) is 2.34. The van der Waals surface area contributed by atoms with E-state index in [0.29, 0.717) is 0 Å². The predicted molar refractivity (Wildman–Crippen MR) is 76.6 cm³/mol. The summed E-state index contributed by atoms with van der Waals surface area (Å²) in [5.41, 5.74) is 3.38. The molecule has 0 radical (unpaired) electrons. The largest absolute Gasteiger partial charge is 0.356 e. The Morgan fingerprint density at radius 1 is 1.26 bits per heavy atom. The summed E-state index contributed by atoms with van der Waals surface area (Å²) >= 11 is 0. The average molecular weight is 254 g/mol. The zero-order valence-corrected chi connectivity index (χ0v) is 11.0. The third-order valence-corrected chi connectivity index (χ3v) is 3.56. The first kappa shape index (κ1) is 12.2. The van der Waals surface area contributed by atoms with Gasteiger partial charge in [-0.05, 0) is 30.9 Å². The van der Waals surface area contributed by atoms with Crippen LogP contribution in [0, 0.1) is 0 Å². The molecule has 1 atom stereocenters. The molecule has 0 N–H and O–H groups in total. The van der Waals surface area contributed by atoms with Gasteiger partial charge in [0.05, 0.1) is 5.69 Å². The van der Waals surface area contributed by atoms with Crippen LogP contribution in [0.2, 0.25) is 0 Å². The molecule has 19 heavy (non-hydrogen) atoms. The van der Waals surface area contributed by atoms with E-state index >= 15 is 0 Å². The summed E-state index contributed by atoms with van der Waals surface area (Å²) in [6, 6.07) is 10.3. The van der Waals surface area contributed by atoms with Crippen molar-refractivity contribution in [2.75, 3.05) is 6.61 Å². The van der Waals surface area contributed by atoms with Gasteiger partial charge in [0.15, 0.2) is 6.23 Å². The lowest BCUT2D eigenvalue weighted by Crippen LogP contribution is -2.19. The lowest BCUT2D eigenvalue weighted by Gasteiger charge is -2.24. The predicted octanol–water partition coefficient (Wildman–Crippen LogP) is 3.89. The topological polar surface area (TPSA) is 27.1 Å². The number of hydrogen-bond donors (Lipinski definition) is 0. The molecule has 0 saturated carbocycles. The average Bonchev–Trinajstić information content (AvgIpc) is 2.97. The van der Waals surface area contributed by atoms with Gasteiger partial charge in [-0.1, -0.05) is 36.9 Å². The van der Waals surface area contributed by atoms with E-state index in [0.717, 1.165) is 36.3 Å². The van der Waals surface area contributed by atoms with E-state index in [2.05, 4.69) is 23.8 Å². The van der Waals surface area contributed by atoms with Crippen LogP contribution in [0.25, 0.3) is 17.3 Å². The van der Waals surface area contributed by atoms with E-state index in [1.54, 1.807) is 0 Å². The minimum atomic E-state index is 0.0663. The van der Waals surface area contributed by atoms with Crippen molar-refractivity contribution in [3.63, 3.8) is 0 Å². The Hall–Kier alpha value is -1.87. The number of nitrogens with zero attached hydrogens (tertiary/aromatic N) is 2. The maximum Gasteiger partial charge on any atom is 0.150 e. The minimum Gasteiger partial charge on any atom is -0.356 e. The summed E-state index contributed by atoms with van der Waals surface area (Å²) < 4.78 is 7.83. The van der Waals surface area contributed by atoms with Crippen molar-refractivity contribution in [2.24, 2.45) is 0 Å². The molecular formula is C16H18N2O. The molecule has 3 rings (SSSR count). The van der Waals surface area contributed by atoms with Crippen molar-refractivity contribution >= 4 is 6.08 Å². The molecule has 2 aromatic rings. The van der Waals surface area contributed by atoms with E-state index in [1.807, 2.05) is 35.2 Å². The van der Waals surface area contributed by atoms with Gasteiger partial charge >= 0.3 is 0 Å². The van der Waals surface area contributed by atoms with E-state index in [9.17, 15) is 0 Å². The number of benzene rings is 1. The normalized spacial score (nSPS) is 19.3. The zero-order valence-electron chi connectivity index (χ0n) is 11.0. The van der Waals surface area contributed by atoms with Crippen molar-refractivity contribution in [1.82, 2.24) is 9.78 Å². The first-order chi connectivity index (χ1) is 9.40. The van der Waals surface area contributed by atoms with Gasteiger partial charge in [0, 0.05) is 18.4 Å². The molecule has 98 valence electrons. The molecule has 1 aromatic heterocycles. The lowest BCUT2D eigenvalue weighted by molar-refractivity contribution is -0.0383. The summed E-state index contributed by atoms with van der Waals surface area (Å²) in [4.78, 5) is 0. The number of hydrogen-bond acceptors (Lipinski definition) is 2. The van der Waals surface area contributed by atoms with Crippen LogP contribution in [-0.2, 0) is 4.74 Å². The Morgan fingerprint density at radius 2 is 2.16 bits per heavy atom. The van der Waals surface area contributed by atoms with Gasteiger partial charge in [-0.3, -0.25) is 0 Å². The molecule has 0 bridgehead atoms. The fourth-order valence-corrected chi connectivity index (χ4v) is 2.58. The zero-order chi connectivity index (χ0) is 13.1. The molecule has 0 aliphatic carbocycles. The first-order valence-electron chi connectivity index (χ1n) is 6.77. The van der Waals surface area contributed by atoms with Crippen LogP contribution in [-0.4, -0.2) is 16.4 Å². The Kier molecular flexibility index (Phi) is 3.47. The van der Waals surface area contributed by atoms with Gasteiger partial charge in [-0.25, -0.2) is 4.68 Å². The summed E-state index contributed by atoms with van der Waals surface area (Å²) in [6.45, 7) is 4.71. The fraction of sp³-hybridized carbons (Fsp3) is 0.312. The van der Waals surface area contributed by atoms with Crippen LogP contribution in [0.4, 0.5) is 0 Å². The van der Waals surface area contributed by atoms with Gasteiger partial charge in [0.25, 0.3) is 0 Å². The smallest absolute Gasteiger partial charge is 0.150 e. The van der Waals surface area contributed by atoms with Crippen molar-refractivity contribution in [2.45, 2.75) is 25.5 Å². The highest BCUT2D eigenvalue weighted by atomic mass is 16.5. The second-order valence-corrected chi connectivity index (χ2v) is 4.77. The van der Waals surface area contributed by atoms with Crippen LogP contribution in [0.5, 0.6) is 0 Å². The number of rotatable bonds is 3. The summed E-state index contributed by atoms with van der Waals surface area (Å²) in [5.74, 6) is 0. The van der Waals surface area contributed by atoms with Crippen molar-refractivity contribution in [3.8, 4) is 11.3 Å². The maximum absolute atomic E-state index is 5.83. The second-order valence-electron chi connectivity index (χ2n) is 4.77. The molecule has 1 unspecified atom stereocenters. The first-order valence-corrected chi connectivity index (χ1v) is 6.77. The van der Waals surface area contributed by atoms with Crippen LogP contribution in [0.1, 0.15) is 31.1 Å². The summed E-state index contributed by atoms with van der Waals surface area (Å²) in [7, 11) is 0. The van der Waals surface area contributed by atoms with Crippen LogP contribution < -0.4 is 0 Å². The third-order valence-electron chi connectivity index (χ3n) is 3.56. The van der Waals surface area contributed by atoms with E-state index in [-0.39, 0.29) is 6.23 Å². The van der Waals surface area contributed by atoms with Gasteiger partial charge in [-0.15, -0.1) is 0 Å². The van der Waals surface area contributed by atoms with Crippen LogP contribution in [0.15, 0.2) is 43.1 Å². The lowest BCUT2D eigenvalue weighted by atomic mass is 10.0. The highest BCUT2D eigenvalue weighted by Crippen LogP contribution is 2.30. The molecule has 3 nitrogen and oxygen atoms in total. The van der Waals surface area contributed by atoms with Gasteiger partial charge in [-0.2, -0.15) is 5.10 Å². The number of ether oxygens (including phenoxy) is 1. The Morgan fingerprint density at radius 3 is 2.95 bits per heavy atom. The molecule has 1 saturated heterocycles. The molecule has 1 aliphatic heterocycles. The van der Waals surface area contributed by atoms with Gasteiger partial charge in [0.2, 0.25) is 0 Å². The molecule has 1 aromatic carbocycles. The second kappa shape index (κ2) is 5.41. The quantitative estimate of drug-likeness (QED) is 0.830. The fourth-order valence-electron chi connectivity index (χ4n) is 2.58. The van der Waals surface area contributed by atoms with Crippen molar-refractivity contribution < 1.29 is 4.74 Å². The Balaban J connectivity index is 2.01. The molecule has 0 amide bonds. The molecule has 2 heterocycles. The summed E-state index contributed by atoms with van der Waals surface area (Å²) in [5, 5.41) is 4.45. The molecule has 1 fully saturated rings. The van der Waals surface area contributed by atoms with E-state index < -0.39 is 0 Å². The standard InChI is InChI=1S/C16H18N2O/c1-2-13-7-3-4-8-14(13)15-10-11-17-18(15)16-9-5-6-12-19-16/h2-4,7-8,10-11,16H,1,5-6,9,12H2. The van der Waals surface area contributed by atoms with Crippen LogP contribution in [0.3, 0.4) is 0 Å². The SMILES string of the molecule is C=Cc1ccccc1-c1ccnn1C1CCCCO1. The van der Waals surface area contributed by atoms with E-state index in [4.69, 9.17) is 4.74 Å². The van der Waals surface area contributed by atoms with Gasteiger partial charge in [0.1, 0.15) is 0 Å². The molecular weight excluding hydrogens is 236 g/mol. The van der Waals surface area contributed by atoms with Crippen molar-refractivity contribution in [1.29, 1.82) is 0 Å². The van der Waals surface area contributed by atoms with Crippen LogP contribution >= 0.6 is 0 Å². The highest BCUT2D eigenvalue weighted by Gasteiger charge is 2.20. The summed E-state index contributed by atoms with van der Waals surface area (Å²) in [6.07, 6.45) is 7.17. The molecule has 1 aliphatic rings.